The molecular weight excluding hydrogens is 338 g/mol. The van der Waals surface area contributed by atoms with Gasteiger partial charge in [-0.25, -0.2) is 0 Å². The number of rotatable bonds is 6. The average Bonchev–Trinajstić information content (AvgIpc) is 2.76. The molecular formula is C15H25BrClN3. The maximum Gasteiger partial charge on any atom is 0.0767 e. The van der Waals surface area contributed by atoms with Gasteiger partial charge in [0.05, 0.1) is 15.9 Å². The number of nitrogens with zero attached hydrogens (tertiary/aromatic N) is 3. The number of likely N-dealkylation sites (tertiary alicyclic amines) is 1. The monoisotopic (exact) mass is 361 g/mol. The van der Waals surface area contributed by atoms with E-state index in [0.29, 0.717) is 0 Å². The van der Waals surface area contributed by atoms with E-state index in [1.807, 2.05) is 0 Å². The van der Waals surface area contributed by atoms with Crippen LogP contribution >= 0.6 is 27.5 Å². The molecule has 0 spiro atoms. The fourth-order valence-electron chi connectivity index (χ4n) is 3.06. The van der Waals surface area contributed by atoms with Crippen LogP contribution in [-0.4, -0.2) is 33.6 Å². The molecule has 3 nitrogen and oxygen atoms in total. The number of hydrogen-bond acceptors (Lipinski definition) is 2. The molecule has 1 atom stereocenters. The quantitative estimate of drug-likeness (QED) is 0.711. The van der Waals surface area contributed by atoms with Crippen molar-refractivity contribution in [3.05, 3.63) is 15.9 Å². The van der Waals surface area contributed by atoms with Crippen LogP contribution in [0.25, 0.3) is 0 Å². The predicted molar refractivity (Wildman–Crippen MR) is 88.3 cm³/mol. The van der Waals surface area contributed by atoms with Gasteiger partial charge in [-0.3, -0.25) is 9.58 Å². The molecule has 0 amide bonds. The highest BCUT2D eigenvalue weighted by atomic mass is 79.9. The van der Waals surface area contributed by atoms with Crippen LogP contribution < -0.4 is 0 Å². The summed E-state index contributed by atoms with van der Waals surface area (Å²) in [6.45, 7) is 8.63. The summed E-state index contributed by atoms with van der Waals surface area (Å²) in [4.78, 5) is 2.56. The van der Waals surface area contributed by atoms with Crippen LogP contribution in [0.1, 0.15) is 44.5 Å². The number of aryl methyl sites for hydroxylation is 2. The minimum Gasteiger partial charge on any atom is -0.297 e. The van der Waals surface area contributed by atoms with E-state index in [4.69, 9.17) is 11.6 Å². The van der Waals surface area contributed by atoms with E-state index in [2.05, 4.69) is 44.5 Å². The van der Waals surface area contributed by atoms with E-state index in [1.54, 1.807) is 0 Å². The van der Waals surface area contributed by atoms with Crippen LogP contribution in [0.4, 0.5) is 0 Å². The molecule has 0 radical (unpaired) electrons. The lowest BCUT2D eigenvalue weighted by atomic mass is 9.95. The zero-order chi connectivity index (χ0) is 14.5. The van der Waals surface area contributed by atoms with Crippen molar-refractivity contribution in [2.24, 2.45) is 5.92 Å². The Morgan fingerprint density at radius 2 is 2.20 bits per heavy atom. The Bertz CT molecular complexity index is 431. The van der Waals surface area contributed by atoms with Gasteiger partial charge >= 0.3 is 0 Å². The van der Waals surface area contributed by atoms with Crippen molar-refractivity contribution < 1.29 is 0 Å². The van der Waals surface area contributed by atoms with Crippen molar-refractivity contribution >= 4 is 27.5 Å². The average molecular weight is 363 g/mol. The first-order valence-corrected chi connectivity index (χ1v) is 9.04. The number of aromatic nitrogens is 2. The second-order valence-corrected chi connectivity index (χ2v) is 6.77. The summed E-state index contributed by atoms with van der Waals surface area (Å²) in [6.07, 6.45) is 4.75. The van der Waals surface area contributed by atoms with Crippen molar-refractivity contribution in [3.8, 4) is 0 Å². The molecule has 2 rings (SSSR count). The van der Waals surface area contributed by atoms with Gasteiger partial charge in [-0.15, -0.1) is 11.6 Å². The molecule has 2 heterocycles. The third-order valence-electron chi connectivity index (χ3n) is 4.19. The fourth-order valence-corrected chi connectivity index (χ4v) is 4.06. The summed E-state index contributed by atoms with van der Waals surface area (Å²) in [6, 6.07) is 0. The first-order chi connectivity index (χ1) is 9.69. The van der Waals surface area contributed by atoms with E-state index < -0.39 is 0 Å². The normalized spacial score (nSPS) is 20.5. The Hall–Kier alpha value is -0.0600. The van der Waals surface area contributed by atoms with Crippen LogP contribution in [0.15, 0.2) is 4.47 Å². The van der Waals surface area contributed by atoms with E-state index >= 15 is 0 Å². The van der Waals surface area contributed by atoms with Crippen LogP contribution in [-0.2, 0) is 19.5 Å². The topological polar surface area (TPSA) is 21.1 Å². The maximum absolute atomic E-state index is 5.90. The molecule has 0 N–H and O–H groups in total. The van der Waals surface area contributed by atoms with Crippen LogP contribution in [0.5, 0.6) is 0 Å². The molecule has 1 aliphatic heterocycles. The molecule has 20 heavy (non-hydrogen) atoms. The second kappa shape index (κ2) is 7.81. The number of hydrogen-bond donors (Lipinski definition) is 0. The van der Waals surface area contributed by atoms with Crippen LogP contribution in [0, 0.1) is 5.92 Å². The van der Waals surface area contributed by atoms with Crippen molar-refractivity contribution in [1.82, 2.24) is 14.7 Å². The molecule has 0 aliphatic carbocycles. The lowest BCUT2D eigenvalue weighted by Gasteiger charge is -2.32. The van der Waals surface area contributed by atoms with E-state index in [0.717, 1.165) is 37.7 Å². The second-order valence-electron chi connectivity index (χ2n) is 5.60. The zero-order valence-electron chi connectivity index (χ0n) is 12.5. The lowest BCUT2D eigenvalue weighted by molar-refractivity contribution is 0.161. The third kappa shape index (κ3) is 3.77. The van der Waals surface area contributed by atoms with E-state index in [9.17, 15) is 0 Å². The van der Waals surface area contributed by atoms with Crippen LogP contribution in [0.3, 0.4) is 0 Å². The molecule has 1 fully saturated rings. The largest absolute Gasteiger partial charge is 0.297 e. The van der Waals surface area contributed by atoms with Gasteiger partial charge in [0.2, 0.25) is 0 Å². The maximum atomic E-state index is 5.90. The molecule has 0 aromatic carbocycles. The summed E-state index contributed by atoms with van der Waals surface area (Å²) in [5.41, 5.74) is 2.51. The van der Waals surface area contributed by atoms with Crippen molar-refractivity contribution in [1.29, 1.82) is 0 Å². The van der Waals surface area contributed by atoms with Crippen molar-refractivity contribution in [2.45, 2.75) is 52.6 Å². The molecule has 114 valence electrons. The summed E-state index contributed by atoms with van der Waals surface area (Å²) in [5, 5.41) is 4.69. The van der Waals surface area contributed by atoms with Gasteiger partial charge in [-0.2, -0.15) is 5.10 Å². The van der Waals surface area contributed by atoms with Gasteiger partial charge in [0, 0.05) is 25.5 Å². The standard InChI is InChI=1S/C15H25BrClN3/c1-3-13-15(16)14(20(4-2)18-13)11-19-9-5-6-12(10-19)7-8-17/h12H,3-11H2,1-2H3. The minimum atomic E-state index is 0.767. The van der Waals surface area contributed by atoms with Crippen LogP contribution in [0.2, 0.25) is 0 Å². The predicted octanol–water partition coefficient (Wildman–Crippen LogP) is 4.07. The zero-order valence-corrected chi connectivity index (χ0v) is 14.9. The van der Waals surface area contributed by atoms with E-state index in [1.165, 1.54) is 41.8 Å². The first-order valence-electron chi connectivity index (χ1n) is 7.71. The smallest absolute Gasteiger partial charge is 0.0767 e. The van der Waals surface area contributed by atoms with Gasteiger partial charge in [-0.1, -0.05) is 6.92 Å². The fraction of sp³-hybridized carbons (Fsp3) is 0.800. The Morgan fingerprint density at radius 1 is 1.40 bits per heavy atom. The summed E-state index contributed by atoms with van der Waals surface area (Å²) >= 11 is 9.64. The Labute approximate surface area is 135 Å². The lowest BCUT2D eigenvalue weighted by Crippen LogP contribution is -2.35. The minimum absolute atomic E-state index is 0.767. The number of halogens is 2. The number of piperidine rings is 1. The molecule has 0 saturated carbocycles. The highest BCUT2D eigenvalue weighted by molar-refractivity contribution is 9.10. The SMILES string of the molecule is CCc1nn(CC)c(CN2CCCC(CCCl)C2)c1Br. The Morgan fingerprint density at radius 3 is 2.85 bits per heavy atom. The first kappa shape index (κ1) is 16.3. The van der Waals surface area contributed by atoms with Gasteiger partial charge in [-0.05, 0) is 61.0 Å². The van der Waals surface area contributed by atoms with Gasteiger partial charge in [0.15, 0.2) is 0 Å². The Kier molecular flexibility index (Phi) is 6.37. The summed E-state index contributed by atoms with van der Waals surface area (Å²) < 4.78 is 3.36. The molecule has 1 aromatic heterocycles. The highest BCUT2D eigenvalue weighted by Crippen LogP contribution is 2.26. The summed E-state index contributed by atoms with van der Waals surface area (Å²) in [5.74, 6) is 1.55. The molecule has 1 aliphatic rings. The summed E-state index contributed by atoms with van der Waals surface area (Å²) in [7, 11) is 0. The molecule has 1 unspecified atom stereocenters. The van der Waals surface area contributed by atoms with Crippen molar-refractivity contribution in [2.75, 3.05) is 19.0 Å². The highest BCUT2D eigenvalue weighted by Gasteiger charge is 2.22. The van der Waals surface area contributed by atoms with Crippen molar-refractivity contribution in [3.63, 3.8) is 0 Å². The molecule has 0 bridgehead atoms. The number of alkyl halides is 1. The van der Waals surface area contributed by atoms with Gasteiger partial charge < -0.3 is 0 Å². The Balaban J connectivity index is 2.07. The van der Waals surface area contributed by atoms with E-state index in [-0.39, 0.29) is 0 Å². The van der Waals surface area contributed by atoms with Gasteiger partial charge in [0.1, 0.15) is 0 Å². The molecule has 1 aromatic rings. The molecule has 5 heteroatoms. The third-order valence-corrected chi connectivity index (χ3v) is 5.32. The van der Waals surface area contributed by atoms with Gasteiger partial charge in [0.25, 0.3) is 0 Å². The molecule has 1 saturated heterocycles.